The van der Waals surface area contributed by atoms with Crippen LogP contribution in [0.5, 0.6) is 0 Å². The van der Waals surface area contributed by atoms with Crippen LogP contribution in [0.25, 0.3) is 27.5 Å². The van der Waals surface area contributed by atoms with Gasteiger partial charge in [-0.15, -0.1) is 0 Å². The zero-order valence-corrected chi connectivity index (χ0v) is 19.1. The number of fused-ring (bicyclic) bond motifs is 3. The molecule has 4 aromatic carbocycles. The van der Waals surface area contributed by atoms with Crippen molar-refractivity contribution in [1.82, 2.24) is 8.49 Å². The van der Waals surface area contributed by atoms with Crippen LogP contribution >= 0.6 is 16.1 Å². The summed E-state index contributed by atoms with van der Waals surface area (Å²) in [5.41, 5.74) is 5.15. The van der Waals surface area contributed by atoms with Crippen LogP contribution in [0.4, 0.5) is 0 Å². The molecule has 0 bridgehead atoms. The largest absolute Gasteiger partial charge is 0.309 e. The maximum absolute atomic E-state index is 8.40. The predicted molar refractivity (Wildman–Crippen MR) is 137 cm³/mol. The molecule has 0 fully saturated rings. The van der Waals surface area contributed by atoms with Gasteiger partial charge in [-0.05, 0) is 36.4 Å². The highest BCUT2D eigenvalue weighted by Gasteiger charge is 2.13. The number of halogens is 1. The van der Waals surface area contributed by atoms with Crippen molar-refractivity contribution in [3.05, 3.63) is 114 Å². The van der Waals surface area contributed by atoms with Crippen molar-refractivity contribution in [2.75, 3.05) is 7.05 Å². The molecular formula is C27H21BrN4. The van der Waals surface area contributed by atoms with E-state index in [1.54, 1.807) is 3.93 Å². The molecule has 0 aliphatic carbocycles. The lowest BCUT2D eigenvalue weighted by molar-refractivity contribution is 0.874. The molecule has 156 valence electrons. The highest BCUT2D eigenvalue weighted by molar-refractivity contribution is 9.07. The van der Waals surface area contributed by atoms with Gasteiger partial charge >= 0.3 is 0 Å². The SMILES string of the molecule is CN(Br)C(=NC(=N)c1ccccc1)c1ccc(-n2c3ccccc3c3ccccc32)cc1. The number of aromatic nitrogens is 1. The average molecular weight is 481 g/mol. The van der Waals surface area contributed by atoms with Gasteiger partial charge in [0.05, 0.1) is 27.2 Å². The fourth-order valence-corrected chi connectivity index (χ4v) is 4.32. The maximum atomic E-state index is 8.40. The molecule has 0 amide bonds. The van der Waals surface area contributed by atoms with Gasteiger partial charge in [0.25, 0.3) is 0 Å². The topological polar surface area (TPSA) is 44.4 Å². The molecule has 0 saturated heterocycles. The molecule has 0 unspecified atom stereocenters. The molecular weight excluding hydrogens is 460 g/mol. The van der Waals surface area contributed by atoms with E-state index < -0.39 is 0 Å². The minimum atomic E-state index is 0.221. The van der Waals surface area contributed by atoms with Crippen molar-refractivity contribution in [2.24, 2.45) is 4.99 Å². The standard InChI is InChI=1S/C27H21BrN4/c1-31(28)27(30-26(29)19-9-3-2-4-10-19)20-15-17-21(18-16-20)32-24-13-7-5-11-22(24)23-12-6-8-14-25(23)32/h2-18,29H,1H3. The number of aliphatic imine (C=N–C) groups is 1. The van der Waals surface area contributed by atoms with E-state index in [9.17, 15) is 0 Å². The van der Waals surface area contributed by atoms with E-state index >= 15 is 0 Å². The second-order valence-corrected chi connectivity index (χ2v) is 8.61. The molecule has 5 aromatic rings. The normalized spacial score (nSPS) is 11.8. The van der Waals surface area contributed by atoms with E-state index in [1.165, 1.54) is 21.8 Å². The summed E-state index contributed by atoms with van der Waals surface area (Å²) >= 11 is 3.50. The molecule has 5 heteroatoms. The minimum absolute atomic E-state index is 0.221. The van der Waals surface area contributed by atoms with Crippen LogP contribution in [0.15, 0.2) is 108 Å². The monoisotopic (exact) mass is 480 g/mol. The van der Waals surface area contributed by atoms with Gasteiger partial charge in [-0.3, -0.25) is 9.34 Å². The van der Waals surface area contributed by atoms with Gasteiger partial charge in [-0.1, -0.05) is 66.7 Å². The summed E-state index contributed by atoms with van der Waals surface area (Å²) in [5, 5.41) is 10.9. The first-order valence-electron chi connectivity index (χ1n) is 10.3. The first-order chi connectivity index (χ1) is 15.6. The summed E-state index contributed by atoms with van der Waals surface area (Å²) in [6.45, 7) is 0. The summed E-state index contributed by atoms with van der Waals surface area (Å²) in [7, 11) is 1.87. The summed E-state index contributed by atoms with van der Waals surface area (Å²) in [5.74, 6) is 0.894. The van der Waals surface area contributed by atoms with E-state index in [1.807, 2.05) is 49.5 Å². The van der Waals surface area contributed by atoms with Crippen LogP contribution in [0.3, 0.4) is 0 Å². The molecule has 0 spiro atoms. The maximum Gasteiger partial charge on any atom is 0.154 e. The van der Waals surface area contributed by atoms with Crippen LogP contribution in [0.2, 0.25) is 0 Å². The number of para-hydroxylation sites is 2. The Bertz CT molecular complexity index is 1390. The first kappa shape index (κ1) is 20.2. The molecule has 1 N–H and O–H groups in total. The zero-order valence-electron chi connectivity index (χ0n) is 17.5. The van der Waals surface area contributed by atoms with Gasteiger partial charge in [0.1, 0.15) is 5.84 Å². The lowest BCUT2D eigenvalue weighted by atomic mass is 10.1. The van der Waals surface area contributed by atoms with E-state index in [-0.39, 0.29) is 5.84 Å². The molecule has 1 aromatic heterocycles. The number of benzene rings is 4. The van der Waals surface area contributed by atoms with Gasteiger partial charge in [0, 0.05) is 34.6 Å². The van der Waals surface area contributed by atoms with Gasteiger partial charge in [0.15, 0.2) is 5.84 Å². The number of hydrogen-bond donors (Lipinski definition) is 1. The number of rotatable bonds is 3. The van der Waals surface area contributed by atoms with Crippen molar-refractivity contribution < 1.29 is 0 Å². The Balaban J connectivity index is 1.58. The van der Waals surface area contributed by atoms with Crippen molar-refractivity contribution in [3.63, 3.8) is 0 Å². The van der Waals surface area contributed by atoms with Crippen LogP contribution in [0, 0.1) is 5.41 Å². The lowest BCUT2D eigenvalue weighted by Gasteiger charge is -2.15. The highest BCUT2D eigenvalue weighted by Crippen LogP contribution is 2.31. The van der Waals surface area contributed by atoms with Crippen molar-refractivity contribution in [3.8, 4) is 5.69 Å². The zero-order chi connectivity index (χ0) is 22.1. The van der Waals surface area contributed by atoms with Gasteiger partial charge in [-0.2, -0.15) is 0 Å². The quantitative estimate of drug-likeness (QED) is 0.172. The van der Waals surface area contributed by atoms with Crippen LogP contribution in [0.1, 0.15) is 11.1 Å². The smallest absolute Gasteiger partial charge is 0.154 e. The molecule has 0 aliphatic rings. The molecule has 5 rings (SSSR count). The molecule has 1 heterocycles. The van der Waals surface area contributed by atoms with Gasteiger partial charge < -0.3 is 4.57 Å². The third-order valence-electron chi connectivity index (χ3n) is 5.52. The third kappa shape index (κ3) is 3.61. The highest BCUT2D eigenvalue weighted by atomic mass is 79.9. The number of nitrogens with zero attached hydrogens (tertiary/aromatic N) is 3. The van der Waals surface area contributed by atoms with E-state index in [4.69, 9.17) is 5.41 Å². The van der Waals surface area contributed by atoms with Crippen LogP contribution < -0.4 is 0 Å². The van der Waals surface area contributed by atoms with E-state index in [0.29, 0.717) is 5.84 Å². The Labute approximate surface area is 195 Å². The summed E-state index contributed by atoms with van der Waals surface area (Å²) < 4.78 is 4.05. The summed E-state index contributed by atoms with van der Waals surface area (Å²) in [4.78, 5) is 4.58. The Kier molecular flexibility index (Phi) is 5.33. The second-order valence-electron chi connectivity index (χ2n) is 7.54. The third-order valence-corrected chi connectivity index (χ3v) is 5.86. The molecule has 32 heavy (non-hydrogen) atoms. The van der Waals surface area contributed by atoms with E-state index in [2.05, 4.69) is 86.4 Å². The number of hydrogen-bond acceptors (Lipinski definition) is 1. The van der Waals surface area contributed by atoms with E-state index in [0.717, 1.165) is 16.8 Å². The van der Waals surface area contributed by atoms with Gasteiger partial charge in [0.2, 0.25) is 0 Å². The van der Waals surface area contributed by atoms with Gasteiger partial charge in [-0.25, -0.2) is 4.99 Å². The Morgan fingerprint density at radius 2 is 1.25 bits per heavy atom. The Morgan fingerprint density at radius 3 is 1.81 bits per heavy atom. The predicted octanol–water partition coefficient (Wildman–Crippen LogP) is 6.80. The summed E-state index contributed by atoms with van der Waals surface area (Å²) in [6.07, 6.45) is 0. The summed E-state index contributed by atoms with van der Waals surface area (Å²) in [6, 6.07) is 34.8. The number of amidine groups is 2. The van der Waals surface area contributed by atoms with Crippen molar-refractivity contribution in [2.45, 2.75) is 0 Å². The Hall–Kier alpha value is -3.70. The lowest BCUT2D eigenvalue weighted by Crippen LogP contribution is -2.19. The Morgan fingerprint density at radius 1 is 0.719 bits per heavy atom. The molecule has 0 radical (unpaired) electrons. The van der Waals surface area contributed by atoms with Crippen molar-refractivity contribution >= 4 is 49.6 Å². The van der Waals surface area contributed by atoms with Crippen LogP contribution in [-0.2, 0) is 0 Å². The molecule has 0 saturated carbocycles. The molecule has 0 atom stereocenters. The molecule has 0 aliphatic heterocycles. The fraction of sp³-hybridized carbons (Fsp3) is 0.0370. The average Bonchev–Trinajstić information content (AvgIpc) is 3.17. The molecule has 4 nitrogen and oxygen atoms in total. The van der Waals surface area contributed by atoms with Crippen molar-refractivity contribution in [1.29, 1.82) is 5.41 Å². The number of nitrogens with one attached hydrogen (secondary N) is 1. The van der Waals surface area contributed by atoms with Crippen LogP contribution in [-0.4, -0.2) is 27.2 Å². The second kappa shape index (κ2) is 8.44. The minimum Gasteiger partial charge on any atom is -0.309 e. The fourth-order valence-electron chi connectivity index (χ4n) is 4.04. The first-order valence-corrected chi connectivity index (χ1v) is 11.1.